The van der Waals surface area contributed by atoms with Gasteiger partial charge in [-0.15, -0.1) is 0 Å². The third-order valence-electron chi connectivity index (χ3n) is 9.00. The van der Waals surface area contributed by atoms with Gasteiger partial charge in [0.05, 0.1) is 24.1 Å². The highest BCUT2D eigenvalue weighted by Gasteiger charge is 2.42. The molecule has 11 heteroatoms. The van der Waals surface area contributed by atoms with E-state index < -0.39 is 5.91 Å². The van der Waals surface area contributed by atoms with Crippen molar-refractivity contribution in [2.75, 3.05) is 27.2 Å². The minimum atomic E-state index is -0.565. The molecule has 3 fully saturated rings. The topological polar surface area (TPSA) is 107 Å². The summed E-state index contributed by atoms with van der Waals surface area (Å²) in [5.41, 5.74) is 12.1. The fourth-order valence-electron chi connectivity index (χ4n) is 6.83. The number of rotatable bonds is 5. The minimum absolute atomic E-state index is 0.0403. The second-order valence-corrected chi connectivity index (χ2v) is 12.4. The average Bonchev–Trinajstić information content (AvgIpc) is 3.40. The number of piperidine rings is 2. The molecule has 0 radical (unpaired) electrons. The molecule has 3 saturated heterocycles. The molecule has 5 heterocycles. The number of primary amides is 1. The summed E-state index contributed by atoms with van der Waals surface area (Å²) in [6, 6.07) is 11.5. The van der Waals surface area contributed by atoms with Gasteiger partial charge < -0.3 is 15.4 Å². The number of nitrogens with zero attached hydrogens (tertiary/aromatic N) is 5. The number of hydrogen-bond donors (Lipinski definition) is 1. The predicted molar refractivity (Wildman–Crippen MR) is 165 cm³/mol. The van der Waals surface area contributed by atoms with Gasteiger partial charge in [0.2, 0.25) is 5.91 Å². The maximum absolute atomic E-state index is 14.3. The standard InChI is InChI=1S/C32H30Cl2N6O3/c1-38-15-23-5-4-22(38)16-39(23)32(42)29-25-6-3-17-8-28(43-2)26(18-7-19(31(35)41)14-36-13-18)12-27(17)30(25)40(37-29)24-10-20(33)9-21(34)11-24/h7-14,22-23H,3-6,15-16H2,1-2H3,(H2,35,41). The van der Waals surface area contributed by atoms with E-state index in [9.17, 15) is 9.59 Å². The second kappa shape index (κ2) is 10.7. The summed E-state index contributed by atoms with van der Waals surface area (Å²) < 4.78 is 7.59. The molecule has 8 rings (SSSR count). The second-order valence-electron chi connectivity index (χ2n) is 11.5. The Balaban J connectivity index is 1.42. The van der Waals surface area contributed by atoms with Gasteiger partial charge in [0.25, 0.3) is 5.91 Å². The zero-order valence-electron chi connectivity index (χ0n) is 23.8. The lowest BCUT2D eigenvalue weighted by atomic mass is 9.85. The smallest absolute Gasteiger partial charge is 0.275 e. The van der Waals surface area contributed by atoms with Gasteiger partial charge in [-0.2, -0.15) is 5.10 Å². The Hall–Kier alpha value is -3.92. The van der Waals surface area contributed by atoms with E-state index in [1.807, 2.05) is 17.0 Å². The number of likely N-dealkylation sites (N-methyl/N-ethyl adjacent to an activating group) is 1. The summed E-state index contributed by atoms with van der Waals surface area (Å²) in [6.07, 6.45) is 6.55. The minimum Gasteiger partial charge on any atom is -0.496 e. The lowest BCUT2D eigenvalue weighted by Gasteiger charge is -2.50. The van der Waals surface area contributed by atoms with Crippen LogP contribution in [0.3, 0.4) is 0 Å². The molecule has 2 bridgehead atoms. The van der Waals surface area contributed by atoms with E-state index in [0.717, 1.165) is 47.3 Å². The van der Waals surface area contributed by atoms with Crippen LogP contribution in [-0.4, -0.2) is 75.7 Å². The van der Waals surface area contributed by atoms with Crippen LogP contribution in [-0.2, 0) is 12.8 Å². The van der Waals surface area contributed by atoms with Crippen LogP contribution in [0, 0.1) is 0 Å². The number of fused-ring (bicyclic) bond motifs is 6. The van der Waals surface area contributed by atoms with Crippen LogP contribution in [0.15, 0.2) is 48.8 Å². The Labute approximate surface area is 259 Å². The van der Waals surface area contributed by atoms with Gasteiger partial charge in [0, 0.05) is 69.9 Å². The molecule has 2 N–H and O–H groups in total. The molecule has 3 aliphatic heterocycles. The maximum atomic E-state index is 14.3. The first-order valence-corrected chi connectivity index (χ1v) is 15.0. The van der Waals surface area contributed by atoms with E-state index in [2.05, 4.69) is 16.9 Å². The molecular formula is C32H30Cl2N6O3. The molecule has 4 aromatic rings. The number of amides is 2. The van der Waals surface area contributed by atoms with Crippen molar-refractivity contribution in [3.05, 3.63) is 81.2 Å². The summed E-state index contributed by atoms with van der Waals surface area (Å²) in [5, 5.41) is 5.93. The van der Waals surface area contributed by atoms with Crippen LogP contribution in [0.1, 0.15) is 44.8 Å². The zero-order valence-corrected chi connectivity index (χ0v) is 25.3. The fourth-order valence-corrected chi connectivity index (χ4v) is 7.35. The van der Waals surface area contributed by atoms with Crippen LogP contribution >= 0.6 is 23.2 Å². The number of benzene rings is 2. The van der Waals surface area contributed by atoms with Crippen LogP contribution in [0.4, 0.5) is 0 Å². The summed E-state index contributed by atoms with van der Waals surface area (Å²) in [6.45, 7) is 1.57. The van der Waals surface area contributed by atoms with Gasteiger partial charge in [0.1, 0.15) is 5.75 Å². The first-order valence-electron chi connectivity index (χ1n) is 14.3. The lowest BCUT2D eigenvalue weighted by molar-refractivity contribution is -0.000540. The molecule has 0 spiro atoms. The Morgan fingerprint density at radius 3 is 2.40 bits per heavy atom. The highest BCUT2D eigenvalue weighted by Crippen LogP contribution is 2.44. The molecule has 0 saturated carbocycles. The van der Waals surface area contributed by atoms with Gasteiger partial charge in [0.15, 0.2) is 5.69 Å². The molecule has 2 aromatic heterocycles. The van der Waals surface area contributed by atoms with Crippen LogP contribution in [0.2, 0.25) is 10.0 Å². The molecule has 1 aliphatic carbocycles. The monoisotopic (exact) mass is 616 g/mol. The molecule has 2 unspecified atom stereocenters. The highest BCUT2D eigenvalue weighted by atomic mass is 35.5. The van der Waals surface area contributed by atoms with E-state index in [0.29, 0.717) is 63.7 Å². The molecule has 4 aliphatic rings. The van der Waals surface area contributed by atoms with Crippen molar-refractivity contribution in [2.24, 2.45) is 5.73 Å². The van der Waals surface area contributed by atoms with Crippen molar-refractivity contribution in [1.82, 2.24) is 24.6 Å². The Kier molecular flexibility index (Phi) is 6.91. The number of carbonyl (C=O) groups is 2. The molecule has 220 valence electrons. The molecular weight excluding hydrogens is 587 g/mol. The quantitative estimate of drug-likeness (QED) is 0.337. The number of aryl methyl sites for hydroxylation is 1. The van der Waals surface area contributed by atoms with Crippen LogP contribution in [0.25, 0.3) is 28.1 Å². The van der Waals surface area contributed by atoms with Gasteiger partial charge in [-0.05, 0) is 74.7 Å². The van der Waals surface area contributed by atoms with Crippen molar-refractivity contribution in [1.29, 1.82) is 0 Å². The Bertz CT molecular complexity index is 1780. The normalized spacial score (nSPS) is 19.2. The molecule has 2 atom stereocenters. The van der Waals surface area contributed by atoms with Crippen molar-refractivity contribution < 1.29 is 14.3 Å². The number of piperazine rings is 1. The predicted octanol–water partition coefficient (Wildman–Crippen LogP) is 5.03. The number of nitrogens with two attached hydrogens (primary N) is 1. The number of carbonyl (C=O) groups excluding carboxylic acids is 2. The summed E-state index contributed by atoms with van der Waals surface area (Å²) in [7, 11) is 3.75. The van der Waals surface area contributed by atoms with Crippen molar-refractivity contribution >= 4 is 35.0 Å². The summed E-state index contributed by atoms with van der Waals surface area (Å²) in [5.74, 6) is 0.0407. The van der Waals surface area contributed by atoms with Gasteiger partial charge >= 0.3 is 0 Å². The van der Waals surface area contributed by atoms with E-state index in [-0.39, 0.29) is 11.9 Å². The van der Waals surface area contributed by atoms with Gasteiger partial charge in [-0.25, -0.2) is 4.68 Å². The summed E-state index contributed by atoms with van der Waals surface area (Å²) in [4.78, 5) is 34.8. The van der Waals surface area contributed by atoms with Gasteiger partial charge in [-0.1, -0.05) is 23.2 Å². The van der Waals surface area contributed by atoms with Crippen LogP contribution in [0.5, 0.6) is 5.75 Å². The average molecular weight is 618 g/mol. The third-order valence-corrected chi connectivity index (χ3v) is 9.44. The van der Waals surface area contributed by atoms with Crippen molar-refractivity contribution in [3.63, 3.8) is 0 Å². The van der Waals surface area contributed by atoms with E-state index in [4.69, 9.17) is 38.8 Å². The first kappa shape index (κ1) is 27.9. The number of hydrogen-bond acceptors (Lipinski definition) is 6. The molecule has 2 aromatic carbocycles. The Morgan fingerprint density at radius 2 is 1.72 bits per heavy atom. The molecule has 2 amide bonds. The Morgan fingerprint density at radius 1 is 0.953 bits per heavy atom. The number of aromatic nitrogens is 3. The summed E-state index contributed by atoms with van der Waals surface area (Å²) >= 11 is 12.9. The van der Waals surface area contributed by atoms with E-state index >= 15 is 0 Å². The first-order chi connectivity index (χ1) is 20.7. The lowest BCUT2D eigenvalue weighted by Crippen LogP contribution is -2.62. The number of pyridine rings is 1. The largest absolute Gasteiger partial charge is 0.496 e. The number of ether oxygens (including phenoxy) is 1. The van der Waals surface area contributed by atoms with Crippen molar-refractivity contribution in [2.45, 2.75) is 37.8 Å². The molecule has 9 nitrogen and oxygen atoms in total. The zero-order chi connectivity index (χ0) is 30.0. The third kappa shape index (κ3) is 4.76. The van der Waals surface area contributed by atoms with E-state index in [1.165, 1.54) is 6.20 Å². The molecule has 43 heavy (non-hydrogen) atoms. The maximum Gasteiger partial charge on any atom is 0.275 e. The van der Waals surface area contributed by atoms with Gasteiger partial charge in [-0.3, -0.25) is 19.5 Å². The highest BCUT2D eigenvalue weighted by molar-refractivity contribution is 6.34. The number of methoxy groups -OCH3 is 1. The SMILES string of the molecule is COc1cc2c(cc1-c1cncc(C(N)=O)c1)-c1c(c(C(=O)N3CC4CCC3CN4C)nn1-c1cc(Cl)cc(Cl)c1)CC2. The fraction of sp³-hybridized carbons (Fsp3) is 0.312. The van der Waals surface area contributed by atoms with Crippen LogP contribution < -0.4 is 10.5 Å². The van der Waals surface area contributed by atoms with Crippen molar-refractivity contribution in [3.8, 4) is 33.8 Å². The van der Waals surface area contributed by atoms with E-state index in [1.54, 1.807) is 42.3 Å². The number of halogens is 2.